The van der Waals surface area contributed by atoms with E-state index in [0.717, 1.165) is 11.3 Å². The molecule has 0 aliphatic carbocycles. The number of guanidine groups is 1. The molecule has 1 aromatic heterocycles. The Labute approximate surface area is 171 Å². The number of hydrogen-bond acceptors (Lipinski definition) is 3. The maximum atomic E-state index is 12.8. The molecule has 0 radical (unpaired) electrons. The van der Waals surface area contributed by atoms with Crippen LogP contribution in [0, 0.1) is 0 Å². The number of aliphatic imine (C=N–C) groups is 1. The normalized spacial score (nSPS) is 11.8. The van der Waals surface area contributed by atoms with Crippen LogP contribution in [-0.2, 0) is 12.0 Å². The van der Waals surface area contributed by atoms with Crippen LogP contribution in [0.4, 0.5) is 5.69 Å². The highest BCUT2D eigenvalue weighted by Gasteiger charge is 2.15. The van der Waals surface area contributed by atoms with Crippen LogP contribution in [0.1, 0.15) is 42.3 Å². The van der Waals surface area contributed by atoms with Crippen molar-refractivity contribution < 1.29 is 4.79 Å². The van der Waals surface area contributed by atoms with Gasteiger partial charge in [0.25, 0.3) is 5.91 Å². The van der Waals surface area contributed by atoms with Gasteiger partial charge < -0.3 is 5.32 Å². The number of nitrogens with zero attached hydrogens (tertiary/aromatic N) is 2. The molecular formula is C24H26N4O. The van der Waals surface area contributed by atoms with Gasteiger partial charge in [-0.05, 0) is 52.9 Å². The second kappa shape index (κ2) is 9.15. The number of benzene rings is 2. The Kier molecular flexibility index (Phi) is 6.39. The van der Waals surface area contributed by atoms with Gasteiger partial charge in [0.15, 0.2) is 0 Å². The largest absolute Gasteiger partial charge is 0.326 e. The summed E-state index contributed by atoms with van der Waals surface area (Å²) >= 11 is 0. The second-order valence-electron chi connectivity index (χ2n) is 7.79. The minimum atomic E-state index is -0.206. The van der Waals surface area contributed by atoms with Gasteiger partial charge in [-0.3, -0.25) is 15.1 Å². The second-order valence-corrected chi connectivity index (χ2v) is 7.79. The molecule has 0 saturated carbocycles. The van der Waals surface area contributed by atoms with Crippen LogP contribution in [0.15, 0.2) is 84.1 Å². The molecule has 0 bridgehead atoms. The number of carbonyl (C=O) groups is 1. The lowest BCUT2D eigenvalue weighted by molar-refractivity contribution is 0.0977. The minimum Gasteiger partial charge on any atom is -0.326 e. The van der Waals surface area contributed by atoms with Gasteiger partial charge in [0.05, 0.1) is 6.54 Å². The minimum absolute atomic E-state index is 0.0427. The fraction of sp³-hybridized carbons (Fsp3) is 0.208. The summed E-state index contributed by atoms with van der Waals surface area (Å²) in [4.78, 5) is 21.4. The van der Waals surface area contributed by atoms with Crippen molar-refractivity contribution in [2.75, 3.05) is 5.32 Å². The number of aromatic nitrogens is 1. The Balaban J connectivity index is 1.77. The standard InChI is InChI=1S/C24H26N4O/c1-24(2,3)20-11-9-19(10-12-20)22(29)28-23(27-21-7-5-4-6-8-21)26-17-18-13-15-25-16-14-18/h4-16H,17H2,1-3H3,(H2,26,27,28,29). The Bertz CT molecular complexity index is 959. The number of carbonyl (C=O) groups excluding carboxylic acids is 1. The lowest BCUT2D eigenvalue weighted by Crippen LogP contribution is -2.36. The van der Waals surface area contributed by atoms with Crippen LogP contribution in [0.25, 0.3) is 0 Å². The first-order valence-electron chi connectivity index (χ1n) is 9.59. The molecule has 0 aliphatic rings. The lowest BCUT2D eigenvalue weighted by Gasteiger charge is -2.19. The summed E-state index contributed by atoms with van der Waals surface area (Å²) in [6, 6.07) is 21.1. The van der Waals surface area contributed by atoms with E-state index < -0.39 is 0 Å². The van der Waals surface area contributed by atoms with E-state index >= 15 is 0 Å². The first kappa shape index (κ1) is 20.3. The molecule has 0 aliphatic heterocycles. The average Bonchev–Trinajstić information content (AvgIpc) is 2.73. The molecule has 5 heteroatoms. The van der Waals surface area contributed by atoms with E-state index in [0.29, 0.717) is 18.1 Å². The molecule has 2 aromatic carbocycles. The number of anilines is 1. The highest BCUT2D eigenvalue weighted by Crippen LogP contribution is 2.22. The predicted octanol–water partition coefficient (Wildman–Crippen LogP) is 4.78. The van der Waals surface area contributed by atoms with Crippen molar-refractivity contribution >= 4 is 17.6 Å². The van der Waals surface area contributed by atoms with E-state index in [4.69, 9.17) is 0 Å². The van der Waals surface area contributed by atoms with Gasteiger partial charge in [0.2, 0.25) is 5.96 Å². The maximum absolute atomic E-state index is 12.8. The van der Waals surface area contributed by atoms with Gasteiger partial charge in [-0.1, -0.05) is 51.1 Å². The van der Waals surface area contributed by atoms with E-state index in [9.17, 15) is 4.79 Å². The summed E-state index contributed by atoms with van der Waals surface area (Å²) < 4.78 is 0. The van der Waals surface area contributed by atoms with Crippen LogP contribution in [0.3, 0.4) is 0 Å². The molecule has 0 spiro atoms. The predicted molar refractivity (Wildman–Crippen MR) is 118 cm³/mol. The zero-order valence-corrected chi connectivity index (χ0v) is 17.0. The summed E-state index contributed by atoms with van der Waals surface area (Å²) in [6.07, 6.45) is 3.45. The zero-order chi connectivity index (χ0) is 20.7. The molecule has 3 rings (SSSR count). The molecule has 0 unspecified atom stereocenters. The number of rotatable bonds is 4. The van der Waals surface area contributed by atoms with E-state index in [1.54, 1.807) is 12.4 Å². The van der Waals surface area contributed by atoms with E-state index in [1.807, 2.05) is 66.7 Å². The number of hydrogen-bond donors (Lipinski definition) is 2. The molecule has 148 valence electrons. The van der Waals surface area contributed by atoms with Crippen LogP contribution < -0.4 is 10.6 Å². The van der Waals surface area contributed by atoms with Crippen molar-refractivity contribution in [3.05, 3.63) is 95.8 Å². The Morgan fingerprint density at radius 2 is 1.59 bits per heavy atom. The van der Waals surface area contributed by atoms with Gasteiger partial charge in [0.1, 0.15) is 0 Å². The number of pyridine rings is 1. The molecule has 5 nitrogen and oxygen atoms in total. The Morgan fingerprint density at radius 3 is 2.21 bits per heavy atom. The van der Waals surface area contributed by atoms with Gasteiger partial charge in [-0.2, -0.15) is 0 Å². The van der Waals surface area contributed by atoms with Crippen molar-refractivity contribution in [3.63, 3.8) is 0 Å². The SMILES string of the molecule is CC(C)(C)c1ccc(C(=O)NC(=NCc2ccncc2)Nc2ccccc2)cc1. The summed E-state index contributed by atoms with van der Waals surface area (Å²) in [5.74, 6) is 0.195. The Hall–Kier alpha value is -3.47. The third-order valence-corrected chi connectivity index (χ3v) is 4.45. The quantitative estimate of drug-likeness (QED) is 0.501. The topological polar surface area (TPSA) is 66.4 Å². The van der Waals surface area contributed by atoms with Crippen LogP contribution >= 0.6 is 0 Å². The first-order valence-corrected chi connectivity index (χ1v) is 9.59. The van der Waals surface area contributed by atoms with Crippen molar-refractivity contribution in [3.8, 4) is 0 Å². The summed E-state index contributed by atoms with van der Waals surface area (Å²) in [5.41, 5.74) is 3.68. The number of para-hydroxylation sites is 1. The van der Waals surface area contributed by atoms with Crippen molar-refractivity contribution in [1.82, 2.24) is 10.3 Å². The summed E-state index contributed by atoms with van der Waals surface area (Å²) in [5, 5.41) is 6.08. The van der Waals surface area contributed by atoms with Crippen molar-refractivity contribution in [2.45, 2.75) is 32.7 Å². The molecule has 0 atom stereocenters. The van der Waals surface area contributed by atoms with Crippen molar-refractivity contribution in [1.29, 1.82) is 0 Å². The molecular weight excluding hydrogens is 360 g/mol. The highest BCUT2D eigenvalue weighted by atomic mass is 16.1. The summed E-state index contributed by atoms with van der Waals surface area (Å²) in [6.45, 7) is 6.88. The molecule has 1 heterocycles. The van der Waals surface area contributed by atoms with Gasteiger partial charge in [-0.25, -0.2) is 4.99 Å². The number of nitrogens with one attached hydrogen (secondary N) is 2. The van der Waals surface area contributed by atoms with Crippen molar-refractivity contribution in [2.24, 2.45) is 4.99 Å². The molecule has 29 heavy (non-hydrogen) atoms. The fourth-order valence-corrected chi connectivity index (χ4v) is 2.73. The van der Waals surface area contributed by atoms with Gasteiger partial charge >= 0.3 is 0 Å². The van der Waals surface area contributed by atoms with Crippen LogP contribution in [0.5, 0.6) is 0 Å². The average molecular weight is 386 g/mol. The molecule has 0 fully saturated rings. The molecule has 1 amide bonds. The third kappa shape index (κ3) is 6.01. The zero-order valence-electron chi connectivity index (χ0n) is 17.0. The van der Waals surface area contributed by atoms with Gasteiger partial charge in [-0.15, -0.1) is 0 Å². The van der Waals surface area contributed by atoms with Gasteiger partial charge in [0, 0.05) is 23.6 Å². The molecule has 3 aromatic rings. The maximum Gasteiger partial charge on any atom is 0.257 e. The van der Waals surface area contributed by atoms with Crippen LogP contribution in [-0.4, -0.2) is 16.9 Å². The van der Waals surface area contributed by atoms with E-state index in [1.165, 1.54) is 5.56 Å². The highest BCUT2D eigenvalue weighted by molar-refractivity contribution is 6.09. The lowest BCUT2D eigenvalue weighted by atomic mass is 9.87. The molecule has 0 saturated heterocycles. The van der Waals surface area contributed by atoms with Crippen LogP contribution in [0.2, 0.25) is 0 Å². The third-order valence-electron chi connectivity index (χ3n) is 4.45. The monoisotopic (exact) mass is 386 g/mol. The van der Waals surface area contributed by atoms with E-state index in [2.05, 4.69) is 41.4 Å². The summed E-state index contributed by atoms with van der Waals surface area (Å²) in [7, 11) is 0. The fourth-order valence-electron chi connectivity index (χ4n) is 2.73. The number of amides is 1. The first-order chi connectivity index (χ1) is 13.9. The smallest absolute Gasteiger partial charge is 0.257 e. The Morgan fingerprint density at radius 1 is 0.931 bits per heavy atom. The molecule has 2 N–H and O–H groups in total. The van der Waals surface area contributed by atoms with E-state index in [-0.39, 0.29) is 11.3 Å².